The molecule has 6 rings (SSSR count). The first kappa shape index (κ1) is 39.5. The molecule has 4 aromatic carbocycles. The van der Waals surface area contributed by atoms with Crippen LogP contribution in [-0.2, 0) is 20.7 Å². The summed E-state index contributed by atoms with van der Waals surface area (Å²) in [6.45, 7) is 0. The fourth-order valence-electron chi connectivity index (χ4n) is 6.69. The Kier molecular flexibility index (Phi) is 9.78. The van der Waals surface area contributed by atoms with E-state index in [1.165, 1.54) is 0 Å². The summed E-state index contributed by atoms with van der Waals surface area (Å²) >= 11 is 0. The smallest absolute Gasteiger partial charge is 0.339 e. The molecule has 6 atom stereocenters. The number of aliphatic hydroxyl groups excluding tert-OH is 2. The Bertz CT molecular complexity index is 2310. The van der Waals surface area contributed by atoms with E-state index < -0.39 is 164 Å². The van der Waals surface area contributed by atoms with Crippen molar-refractivity contribution in [1.29, 1.82) is 0 Å². The number of carbonyl (C=O) groups is 3. The van der Waals surface area contributed by atoms with E-state index in [4.69, 9.17) is 14.2 Å². The maximum absolute atomic E-state index is 13.8. The van der Waals surface area contributed by atoms with E-state index in [1.54, 1.807) is 0 Å². The Morgan fingerprint density at radius 2 is 1.19 bits per heavy atom. The van der Waals surface area contributed by atoms with Gasteiger partial charge in [-0.25, -0.2) is 14.4 Å². The van der Waals surface area contributed by atoms with Gasteiger partial charge in [-0.1, -0.05) is 0 Å². The van der Waals surface area contributed by atoms with Gasteiger partial charge in [0.15, 0.2) is 52.0 Å². The average Bonchev–Trinajstić information content (AvgIpc) is 3.13. The summed E-state index contributed by atoms with van der Waals surface area (Å²) < 4.78 is 16.9. The lowest BCUT2D eigenvalue weighted by Gasteiger charge is -2.39. The molecular weight excluding hydrogens is 768 g/mol. The van der Waals surface area contributed by atoms with E-state index in [2.05, 4.69) is 0 Å². The predicted octanol–water partition coefficient (Wildman–Crippen LogP) is 0.874. The van der Waals surface area contributed by atoms with Crippen molar-refractivity contribution in [3.8, 4) is 80.1 Å². The summed E-state index contributed by atoms with van der Waals surface area (Å²) in [5.41, 5.74) is -6.97. The van der Waals surface area contributed by atoms with Crippen molar-refractivity contribution in [1.82, 2.24) is 0 Å². The van der Waals surface area contributed by atoms with E-state index >= 15 is 0 Å². The van der Waals surface area contributed by atoms with Crippen LogP contribution in [0, 0.1) is 0 Å². The summed E-state index contributed by atoms with van der Waals surface area (Å²) in [7, 11) is 0. The van der Waals surface area contributed by atoms with Crippen LogP contribution in [0.25, 0.3) is 11.1 Å². The minimum atomic E-state index is -2.72. The number of carbonyl (C=O) groups excluding carboxylic acids is 2. The maximum Gasteiger partial charge on any atom is 0.339 e. The first-order valence-corrected chi connectivity index (χ1v) is 16.4. The van der Waals surface area contributed by atoms with Crippen LogP contribution in [0.4, 0.5) is 0 Å². The number of phenolic OH excluding ortho intramolecular Hbond substituents is 11. The van der Waals surface area contributed by atoms with Gasteiger partial charge in [0.05, 0.1) is 17.2 Å². The number of ether oxygens (including phenoxy) is 3. The first-order chi connectivity index (χ1) is 26.6. The van der Waals surface area contributed by atoms with E-state index in [0.717, 1.165) is 12.1 Å². The molecule has 0 amide bonds. The van der Waals surface area contributed by atoms with Crippen molar-refractivity contribution in [3.63, 3.8) is 0 Å². The largest absolute Gasteiger partial charge is 0.508 e. The number of aromatic hydroxyl groups is 11. The van der Waals surface area contributed by atoms with Gasteiger partial charge in [0, 0.05) is 53.6 Å². The normalized spacial score (nSPS) is 22.8. The van der Waals surface area contributed by atoms with Crippen LogP contribution in [0.5, 0.6) is 69.0 Å². The maximum atomic E-state index is 13.8. The summed E-state index contributed by atoms with van der Waals surface area (Å²) in [6.07, 6.45) is -12.0. The van der Waals surface area contributed by atoms with Crippen LogP contribution in [0.2, 0.25) is 0 Å². The molecule has 1 aliphatic carbocycles. The molecule has 57 heavy (non-hydrogen) atoms. The monoisotopic (exact) mass is 800 g/mol. The number of benzene rings is 4. The summed E-state index contributed by atoms with van der Waals surface area (Å²) in [4.78, 5) is 39.0. The van der Waals surface area contributed by atoms with Crippen molar-refractivity contribution in [2.45, 2.75) is 55.4 Å². The first-order valence-electron chi connectivity index (χ1n) is 16.4. The zero-order valence-corrected chi connectivity index (χ0v) is 28.6. The van der Waals surface area contributed by atoms with Gasteiger partial charge in [0.25, 0.3) is 0 Å². The van der Waals surface area contributed by atoms with Crippen molar-refractivity contribution < 1.29 is 105 Å². The number of hydrogen-bond acceptors (Lipinski definition) is 20. The standard InChI is InChI=1S/C36H32O21/c37-11-3-15(38)12-7-22(56-33(50)10-1-16(39)26(44)17(40)2-10)32(55-21(12)4-11)13-5-18(41)28(46)30(48)24(13)25-14(6-19(42)29(47)31(25)49)34(51)57-23-9-36(54,35(52)53)8-20(43)27(23)45/h1-6,20,22-23,27,32,37-49,54H,7-9H2,(H,52,53)/t20-,22-,23-,27-,32-,36+/m1/s1. The van der Waals surface area contributed by atoms with Crippen LogP contribution >= 0.6 is 0 Å². The summed E-state index contributed by atoms with van der Waals surface area (Å²) in [6, 6.07) is 4.44. The Morgan fingerprint density at radius 1 is 0.632 bits per heavy atom. The van der Waals surface area contributed by atoms with E-state index in [1.807, 2.05) is 0 Å². The third-order valence-corrected chi connectivity index (χ3v) is 9.56. The second-order valence-corrected chi connectivity index (χ2v) is 13.3. The van der Waals surface area contributed by atoms with Gasteiger partial charge in [-0.2, -0.15) is 0 Å². The predicted molar refractivity (Wildman–Crippen MR) is 182 cm³/mol. The number of aliphatic carboxylic acids is 1. The van der Waals surface area contributed by atoms with E-state index in [-0.39, 0.29) is 11.3 Å². The van der Waals surface area contributed by atoms with Crippen LogP contribution in [0.3, 0.4) is 0 Å². The number of hydrogen-bond donors (Lipinski definition) is 15. The lowest BCUT2D eigenvalue weighted by molar-refractivity contribution is -0.187. The van der Waals surface area contributed by atoms with Crippen molar-refractivity contribution in [2.75, 3.05) is 0 Å². The van der Waals surface area contributed by atoms with E-state index in [0.29, 0.717) is 24.3 Å². The molecule has 0 unspecified atom stereocenters. The molecular formula is C36H32O21. The van der Waals surface area contributed by atoms with Gasteiger partial charge in [0.2, 0.25) is 11.5 Å². The summed E-state index contributed by atoms with van der Waals surface area (Å²) in [5, 5.41) is 157. The molecule has 21 nitrogen and oxygen atoms in total. The van der Waals surface area contributed by atoms with Gasteiger partial charge >= 0.3 is 17.9 Å². The minimum absolute atomic E-state index is 0.101. The average molecular weight is 801 g/mol. The molecule has 1 aliphatic heterocycles. The molecule has 1 heterocycles. The molecule has 1 fully saturated rings. The Labute approximate surface area is 317 Å². The highest BCUT2D eigenvalue weighted by Gasteiger charge is 2.51. The molecule has 1 saturated carbocycles. The number of carboxylic acids is 1. The number of esters is 2. The van der Waals surface area contributed by atoms with Gasteiger partial charge in [-0.15, -0.1) is 0 Å². The number of fused-ring (bicyclic) bond motifs is 1. The third kappa shape index (κ3) is 6.85. The number of rotatable bonds is 7. The van der Waals surface area contributed by atoms with Crippen LogP contribution < -0.4 is 4.74 Å². The molecule has 302 valence electrons. The molecule has 0 spiro atoms. The van der Waals surface area contributed by atoms with Gasteiger partial charge < -0.3 is 90.8 Å². The van der Waals surface area contributed by atoms with Crippen LogP contribution in [0.1, 0.15) is 50.8 Å². The third-order valence-electron chi connectivity index (χ3n) is 9.56. The van der Waals surface area contributed by atoms with Gasteiger partial charge in [0.1, 0.15) is 35.6 Å². The zero-order chi connectivity index (χ0) is 42.0. The number of phenols is 11. The minimum Gasteiger partial charge on any atom is -0.508 e. The number of aliphatic hydroxyl groups is 3. The SMILES string of the molecule is O=C(O[C@@H]1Cc2c(O)cc(O)cc2O[C@@H]1c1cc(O)c(O)c(O)c1-c1c(C(=O)O[C@@H]2C[C@](O)(C(=O)O)C[C@@H](O)[C@H]2O)cc(O)c(O)c1O)c1cc(O)c(O)c(O)c1. The molecule has 0 radical (unpaired) electrons. The fraction of sp³-hybridized carbons (Fsp3) is 0.250. The van der Waals surface area contributed by atoms with Crippen molar-refractivity contribution in [2.24, 2.45) is 0 Å². The molecule has 2 aliphatic rings. The Hall–Kier alpha value is -7.23. The highest BCUT2D eigenvalue weighted by Crippen LogP contribution is 2.56. The Morgan fingerprint density at radius 3 is 1.81 bits per heavy atom. The molecule has 0 bridgehead atoms. The fourth-order valence-corrected chi connectivity index (χ4v) is 6.69. The topological polar surface area (TPSA) is 382 Å². The molecule has 0 saturated heterocycles. The van der Waals surface area contributed by atoms with Gasteiger partial charge in [-0.3, -0.25) is 0 Å². The van der Waals surface area contributed by atoms with Crippen LogP contribution in [0.15, 0.2) is 36.4 Å². The quantitative estimate of drug-likeness (QED) is 0.0910. The second kappa shape index (κ2) is 14.1. The van der Waals surface area contributed by atoms with Crippen molar-refractivity contribution >= 4 is 17.9 Å². The van der Waals surface area contributed by atoms with Crippen molar-refractivity contribution in [3.05, 3.63) is 58.7 Å². The number of carboxylic acid groups (broad SMARTS) is 1. The van der Waals surface area contributed by atoms with Crippen LogP contribution in [-0.4, -0.2) is 125 Å². The molecule has 0 aromatic heterocycles. The zero-order valence-electron chi connectivity index (χ0n) is 28.6. The van der Waals surface area contributed by atoms with Gasteiger partial charge in [-0.05, 0) is 24.3 Å². The lowest BCUT2D eigenvalue weighted by Crippen LogP contribution is -2.57. The molecule has 4 aromatic rings. The molecule has 15 N–H and O–H groups in total. The highest BCUT2D eigenvalue weighted by atomic mass is 16.6. The highest BCUT2D eigenvalue weighted by molar-refractivity contribution is 6.03. The Balaban J connectivity index is 1.54. The lowest BCUT2D eigenvalue weighted by atomic mass is 9.79. The van der Waals surface area contributed by atoms with E-state index in [9.17, 15) is 91.0 Å². The summed E-state index contributed by atoms with van der Waals surface area (Å²) in [5.74, 6) is -17.0. The second-order valence-electron chi connectivity index (χ2n) is 13.3. The molecule has 21 heteroatoms.